The predicted molar refractivity (Wildman–Crippen MR) is 67.9 cm³/mol. The van der Waals surface area contributed by atoms with E-state index in [1.54, 1.807) is 0 Å². The molecule has 0 amide bonds. The molecule has 1 N–H and O–H groups in total. The van der Waals surface area contributed by atoms with Crippen molar-refractivity contribution in [3.8, 4) is 0 Å². The molecule has 1 heteroatoms. The fourth-order valence-corrected chi connectivity index (χ4v) is 1.84. The van der Waals surface area contributed by atoms with Crippen molar-refractivity contribution in [3.63, 3.8) is 0 Å². The van der Waals surface area contributed by atoms with Gasteiger partial charge in [-0.25, -0.2) is 0 Å². The first-order valence-corrected chi connectivity index (χ1v) is 6.59. The normalized spacial score (nSPS) is 16.0. The molecule has 0 fully saturated rings. The average Bonchev–Trinajstić information content (AvgIpc) is 2.11. The second-order valence-corrected chi connectivity index (χ2v) is 5.94. The molecule has 2 atom stereocenters. The maximum absolute atomic E-state index is 9.83. The first-order chi connectivity index (χ1) is 6.91. The molecule has 0 saturated heterocycles. The number of aliphatic hydroxyl groups excluding tert-OH is 1. The molecule has 0 unspecified atom stereocenters. The molecule has 0 rings (SSSR count). The van der Waals surface area contributed by atoms with Crippen LogP contribution in [0.4, 0.5) is 0 Å². The van der Waals surface area contributed by atoms with Crippen LogP contribution in [0.3, 0.4) is 0 Å². The molecule has 0 radical (unpaired) electrons. The van der Waals surface area contributed by atoms with Gasteiger partial charge in [0.25, 0.3) is 0 Å². The first-order valence-electron chi connectivity index (χ1n) is 6.59. The zero-order valence-electron chi connectivity index (χ0n) is 11.3. The summed E-state index contributed by atoms with van der Waals surface area (Å²) in [5, 5.41) is 9.83. The van der Waals surface area contributed by atoms with E-state index in [1.807, 2.05) is 0 Å². The Morgan fingerprint density at radius 2 is 1.20 bits per heavy atom. The van der Waals surface area contributed by atoms with Crippen LogP contribution in [0.2, 0.25) is 0 Å². The van der Waals surface area contributed by atoms with Crippen LogP contribution in [0.25, 0.3) is 0 Å². The quantitative estimate of drug-likeness (QED) is 0.640. The Kier molecular flexibility index (Phi) is 8.13. The summed E-state index contributed by atoms with van der Waals surface area (Å²) in [5.41, 5.74) is 0. The van der Waals surface area contributed by atoms with Gasteiger partial charge in [-0.1, -0.05) is 47.5 Å². The maximum Gasteiger partial charge on any atom is 0.0542 e. The molecular weight excluding hydrogens is 184 g/mol. The number of rotatable bonds is 8. The number of hydrogen-bond donors (Lipinski definition) is 1. The highest BCUT2D eigenvalue weighted by Crippen LogP contribution is 2.19. The summed E-state index contributed by atoms with van der Waals surface area (Å²) in [4.78, 5) is 0. The summed E-state index contributed by atoms with van der Waals surface area (Å²) < 4.78 is 0. The highest BCUT2D eigenvalue weighted by atomic mass is 16.3. The van der Waals surface area contributed by atoms with Crippen LogP contribution in [0.1, 0.15) is 66.7 Å². The minimum absolute atomic E-state index is 0.0745. The standard InChI is InChI=1S/C14H30O/c1-11(2)6-8-13(5)10-14(15)9-7-12(3)4/h11-15H,6-10H2,1-5H3/t13-,14+/m1/s1. The van der Waals surface area contributed by atoms with E-state index < -0.39 is 0 Å². The van der Waals surface area contributed by atoms with Gasteiger partial charge in [0.15, 0.2) is 0 Å². The van der Waals surface area contributed by atoms with Crippen molar-refractivity contribution in [2.45, 2.75) is 72.8 Å². The van der Waals surface area contributed by atoms with Gasteiger partial charge in [0, 0.05) is 0 Å². The summed E-state index contributed by atoms with van der Waals surface area (Å²) in [6.45, 7) is 11.2. The zero-order valence-corrected chi connectivity index (χ0v) is 11.3. The molecule has 0 aliphatic heterocycles. The summed E-state index contributed by atoms with van der Waals surface area (Å²) in [5.74, 6) is 2.18. The van der Waals surface area contributed by atoms with Gasteiger partial charge in [-0.05, 0) is 37.0 Å². The third-order valence-electron chi connectivity index (χ3n) is 2.99. The van der Waals surface area contributed by atoms with E-state index >= 15 is 0 Å². The highest BCUT2D eigenvalue weighted by Gasteiger charge is 2.11. The Morgan fingerprint density at radius 1 is 0.733 bits per heavy atom. The molecule has 0 aromatic rings. The first kappa shape index (κ1) is 15.0. The molecule has 0 bridgehead atoms. The van der Waals surface area contributed by atoms with Gasteiger partial charge in [0.2, 0.25) is 0 Å². The molecule has 92 valence electrons. The minimum Gasteiger partial charge on any atom is -0.393 e. The summed E-state index contributed by atoms with van der Waals surface area (Å²) in [6, 6.07) is 0. The fourth-order valence-electron chi connectivity index (χ4n) is 1.84. The van der Waals surface area contributed by atoms with Crippen molar-refractivity contribution >= 4 is 0 Å². The monoisotopic (exact) mass is 214 g/mol. The summed E-state index contributed by atoms with van der Waals surface area (Å²) in [6.07, 6.45) is 5.59. The lowest BCUT2D eigenvalue weighted by Gasteiger charge is -2.18. The van der Waals surface area contributed by atoms with Crippen LogP contribution < -0.4 is 0 Å². The lowest BCUT2D eigenvalue weighted by atomic mass is 9.92. The van der Waals surface area contributed by atoms with Gasteiger partial charge < -0.3 is 5.11 Å². The van der Waals surface area contributed by atoms with E-state index in [0.717, 1.165) is 25.2 Å². The molecule has 0 aliphatic rings. The van der Waals surface area contributed by atoms with Crippen LogP contribution in [0.15, 0.2) is 0 Å². The number of aliphatic hydroxyl groups is 1. The van der Waals surface area contributed by atoms with Crippen molar-refractivity contribution in [1.29, 1.82) is 0 Å². The summed E-state index contributed by atoms with van der Waals surface area (Å²) >= 11 is 0. The molecular formula is C14H30O. The predicted octanol–water partition coefficient (Wildman–Crippen LogP) is 4.25. The summed E-state index contributed by atoms with van der Waals surface area (Å²) in [7, 11) is 0. The minimum atomic E-state index is -0.0745. The van der Waals surface area contributed by atoms with E-state index in [4.69, 9.17) is 0 Å². The van der Waals surface area contributed by atoms with E-state index in [0.29, 0.717) is 11.8 Å². The highest BCUT2D eigenvalue weighted by molar-refractivity contribution is 4.63. The number of hydrogen-bond acceptors (Lipinski definition) is 1. The zero-order chi connectivity index (χ0) is 11.8. The third kappa shape index (κ3) is 10.2. The molecule has 0 aromatic carbocycles. The van der Waals surface area contributed by atoms with Crippen LogP contribution in [0.5, 0.6) is 0 Å². The average molecular weight is 214 g/mol. The Labute approximate surface area is 96.3 Å². The van der Waals surface area contributed by atoms with Crippen molar-refractivity contribution in [3.05, 3.63) is 0 Å². The van der Waals surface area contributed by atoms with Gasteiger partial charge >= 0.3 is 0 Å². The molecule has 15 heavy (non-hydrogen) atoms. The molecule has 0 heterocycles. The molecule has 0 spiro atoms. The fraction of sp³-hybridized carbons (Fsp3) is 1.00. The van der Waals surface area contributed by atoms with E-state index in [9.17, 15) is 5.11 Å². The molecule has 1 nitrogen and oxygen atoms in total. The molecule has 0 aliphatic carbocycles. The van der Waals surface area contributed by atoms with E-state index in [-0.39, 0.29) is 6.10 Å². The third-order valence-corrected chi connectivity index (χ3v) is 2.99. The lowest BCUT2D eigenvalue weighted by molar-refractivity contribution is 0.126. The lowest BCUT2D eigenvalue weighted by Crippen LogP contribution is -2.13. The van der Waals surface area contributed by atoms with E-state index in [2.05, 4.69) is 34.6 Å². The molecule has 0 aromatic heterocycles. The Bertz CT molecular complexity index is 124. The van der Waals surface area contributed by atoms with Gasteiger partial charge in [-0.3, -0.25) is 0 Å². The van der Waals surface area contributed by atoms with Gasteiger partial charge in [0.1, 0.15) is 0 Å². The van der Waals surface area contributed by atoms with Crippen molar-refractivity contribution < 1.29 is 5.11 Å². The van der Waals surface area contributed by atoms with Crippen LogP contribution >= 0.6 is 0 Å². The van der Waals surface area contributed by atoms with Crippen molar-refractivity contribution in [2.75, 3.05) is 0 Å². The van der Waals surface area contributed by atoms with Crippen molar-refractivity contribution in [2.24, 2.45) is 17.8 Å². The Balaban J connectivity index is 3.52. The second kappa shape index (κ2) is 8.15. The largest absolute Gasteiger partial charge is 0.393 e. The van der Waals surface area contributed by atoms with Crippen LogP contribution in [-0.2, 0) is 0 Å². The SMILES string of the molecule is CC(C)CC[C@@H](C)C[C@@H](O)CCC(C)C. The van der Waals surface area contributed by atoms with Crippen LogP contribution in [-0.4, -0.2) is 11.2 Å². The van der Waals surface area contributed by atoms with Gasteiger partial charge in [0.05, 0.1) is 6.10 Å². The van der Waals surface area contributed by atoms with Gasteiger partial charge in [-0.15, -0.1) is 0 Å². The van der Waals surface area contributed by atoms with E-state index in [1.165, 1.54) is 12.8 Å². The van der Waals surface area contributed by atoms with Crippen LogP contribution in [0, 0.1) is 17.8 Å². The van der Waals surface area contributed by atoms with Gasteiger partial charge in [-0.2, -0.15) is 0 Å². The smallest absolute Gasteiger partial charge is 0.0542 e. The molecule has 0 saturated carbocycles. The second-order valence-electron chi connectivity index (χ2n) is 5.94. The maximum atomic E-state index is 9.83. The Morgan fingerprint density at radius 3 is 1.67 bits per heavy atom. The van der Waals surface area contributed by atoms with Crippen molar-refractivity contribution in [1.82, 2.24) is 0 Å². The topological polar surface area (TPSA) is 20.2 Å². The Hall–Kier alpha value is -0.0400.